The molecule has 5 rings (SSSR count). The number of fused-ring (bicyclic) bond motifs is 3. The van der Waals surface area contributed by atoms with Crippen LogP contribution in [0.2, 0.25) is 0 Å². The highest BCUT2D eigenvalue weighted by molar-refractivity contribution is 5.86. The summed E-state index contributed by atoms with van der Waals surface area (Å²) in [4.78, 5) is 11.9. The summed E-state index contributed by atoms with van der Waals surface area (Å²) in [7, 11) is 0. The average molecular weight is 393 g/mol. The van der Waals surface area contributed by atoms with Crippen LogP contribution in [-0.2, 0) is 0 Å². The first-order valence-corrected chi connectivity index (χ1v) is 10.5. The van der Waals surface area contributed by atoms with Crippen molar-refractivity contribution in [3.05, 3.63) is 18.3 Å². The molecule has 0 aromatic carbocycles. The molecule has 9 heteroatoms. The summed E-state index contributed by atoms with van der Waals surface area (Å²) in [6.45, 7) is 3.01. The molecule has 0 aliphatic carbocycles. The smallest absolute Gasteiger partial charge is 0.270 e. The van der Waals surface area contributed by atoms with Crippen LogP contribution in [0.5, 0.6) is 0 Å². The predicted molar refractivity (Wildman–Crippen MR) is 111 cm³/mol. The van der Waals surface area contributed by atoms with Crippen molar-refractivity contribution in [2.24, 2.45) is 4.99 Å². The molecule has 0 saturated carbocycles. The summed E-state index contributed by atoms with van der Waals surface area (Å²) >= 11 is 0. The minimum atomic E-state index is 0.350. The van der Waals surface area contributed by atoms with Crippen molar-refractivity contribution in [3.8, 4) is 6.07 Å². The van der Waals surface area contributed by atoms with E-state index in [1.165, 1.54) is 12.8 Å². The number of rotatable bonds is 5. The fraction of sp³-hybridized carbons (Fsp3) is 0.600. The second-order valence-electron chi connectivity index (χ2n) is 8.38. The third kappa shape index (κ3) is 3.66. The first-order chi connectivity index (χ1) is 14.2. The maximum absolute atomic E-state index is 8.93. The number of anilines is 1. The predicted octanol–water partition coefficient (Wildman–Crippen LogP) is 1.97. The van der Waals surface area contributed by atoms with Crippen LogP contribution >= 0.6 is 0 Å². The molecule has 3 saturated heterocycles. The van der Waals surface area contributed by atoms with Crippen LogP contribution in [-0.4, -0.2) is 56.0 Å². The van der Waals surface area contributed by atoms with Crippen molar-refractivity contribution in [2.45, 2.75) is 69.6 Å². The highest BCUT2D eigenvalue weighted by atomic mass is 15.4. The normalized spacial score (nSPS) is 30.6. The average Bonchev–Trinajstić information content (AvgIpc) is 3.39. The van der Waals surface area contributed by atoms with Gasteiger partial charge in [-0.2, -0.15) is 15.2 Å². The van der Waals surface area contributed by atoms with Crippen LogP contribution in [0.25, 0.3) is 5.52 Å². The van der Waals surface area contributed by atoms with Gasteiger partial charge in [-0.15, -0.1) is 5.10 Å². The van der Waals surface area contributed by atoms with Gasteiger partial charge in [-0.25, -0.2) is 9.94 Å². The highest BCUT2D eigenvalue weighted by Crippen LogP contribution is 2.37. The molecule has 5 heterocycles. The molecule has 3 fully saturated rings. The van der Waals surface area contributed by atoms with E-state index < -0.39 is 0 Å². The number of hydrazine groups is 1. The Morgan fingerprint density at radius 1 is 1.34 bits per heavy atom. The van der Waals surface area contributed by atoms with Crippen LogP contribution in [0.4, 0.5) is 11.8 Å². The Hall–Kier alpha value is -2.70. The van der Waals surface area contributed by atoms with E-state index in [1.54, 1.807) is 0 Å². The second-order valence-corrected chi connectivity index (χ2v) is 8.38. The summed E-state index contributed by atoms with van der Waals surface area (Å²) in [5.74, 6) is 2.17. The SMILES string of the molecule is CC1CC(=Nc2nc(NC3C[C@H]4CC[C@@H](C3)N4CCC#N)c3cccn3n2)NN1. The van der Waals surface area contributed by atoms with Gasteiger partial charge < -0.3 is 10.7 Å². The number of hydrogen-bond donors (Lipinski definition) is 3. The van der Waals surface area contributed by atoms with Crippen LogP contribution in [0, 0.1) is 11.3 Å². The van der Waals surface area contributed by atoms with Crippen molar-refractivity contribution in [3.63, 3.8) is 0 Å². The van der Waals surface area contributed by atoms with E-state index in [9.17, 15) is 0 Å². The molecule has 29 heavy (non-hydrogen) atoms. The number of nitriles is 1. The zero-order valence-electron chi connectivity index (χ0n) is 16.7. The number of aromatic nitrogens is 3. The summed E-state index contributed by atoms with van der Waals surface area (Å²) in [6, 6.07) is 8.18. The number of piperidine rings is 1. The van der Waals surface area contributed by atoms with Gasteiger partial charge in [0, 0.05) is 49.8 Å². The quantitative estimate of drug-likeness (QED) is 0.713. The largest absolute Gasteiger partial charge is 0.365 e. The van der Waals surface area contributed by atoms with Gasteiger partial charge in [0.1, 0.15) is 11.4 Å². The van der Waals surface area contributed by atoms with Gasteiger partial charge in [-0.3, -0.25) is 4.90 Å². The summed E-state index contributed by atoms with van der Waals surface area (Å²) in [6.07, 6.45) is 8.02. The Morgan fingerprint density at radius 2 is 2.17 bits per heavy atom. The molecule has 0 amide bonds. The lowest BCUT2D eigenvalue weighted by Gasteiger charge is -2.39. The van der Waals surface area contributed by atoms with Gasteiger partial charge in [0.05, 0.1) is 6.07 Å². The molecule has 4 atom stereocenters. The number of amidine groups is 1. The molecule has 2 unspecified atom stereocenters. The van der Waals surface area contributed by atoms with Gasteiger partial charge in [-0.05, 0) is 44.7 Å². The van der Waals surface area contributed by atoms with E-state index >= 15 is 0 Å². The first kappa shape index (κ1) is 18.3. The van der Waals surface area contributed by atoms with Gasteiger partial charge in [-0.1, -0.05) is 0 Å². The van der Waals surface area contributed by atoms with Crippen LogP contribution < -0.4 is 16.2 Å². The minimum absolute atomic E-state index is 0.350. The zero-order chi connectivity index (χ0) is 19.8. The highest BCUT2D eigenvalue weighted by Gasteiger charge is 2.40. The van der Waals surface area contributed by atoms with E-state index in [2.05, 4.69) is 44.2 Å². The van der Waals surface area contributed by atoms with Gasteiger partial charge in [0.25, 0.3) is 5.95 Å². The zero-order valence-corrected chi connectivity index (χ0v) is 16.7. The molecule has 2 aromatic heterocycles. The minimum Gasteiger partial charge on any atom is -0.365 e. The van der Waals surface area contributed by atoms with Crippen molar-refractivity contribution >= 4 is 23.1 Å². The second kappa shape index (κ2) is 7.61. The maximum atomic E-state index is 8.93. The number of aliphatic imine (C=N–C) groups is 1. The summed E-state index contributed by atoms with van der Waals surface area (Å²) in [5, 5.41) is 17.2. The molecule has 9 nitrogen and oxygen atoms in total. The number of hydrogen-bond acceptors (Lipinski definition) is 7. The standard InChI is InChI=1S/C20H27N9/c1-13-10-18(26-25-13)23-20-24-19(17-4-2-9-29(17)27-20)22-14-11-15-5-6-16(12-14)28(15)8-3-7-21/h2,4,9,13-16,25H,3,5-6,8,10-12H2,1H3,(H2,22,23,24,26,27)/t13?,14?,15-,16+. The summed E-state index contributed by atoms with van der Waals surface area (Å²) in [5.41, 5.74) is 7.23. The molecule has 3 aliphatic heterocycles. The lowest BCUT2D eigenvalue weighted by atomic mass is 9.97. The van der Waals surface area contributed by atoms with Gasteiger partial charge in [0.2, 0.25) is 0 Å². The molecular formula is C20H27N9. The topological polar surface area (TPSA) is 106 Å². The van der Waals surface area contributed by atoms with E-state index in [0.29, 0.717) is 36.5 Å². The van der Waals surface area contributed by atoms with Crippen molar-refractivity contribution < 1.29 is 0 Å². The lowest BCUT2D eigenvalue weighted by Crippen LogP contribution is -2.47. The van der Waals surface area contributed by atoms with Crippen molar-refractivity contribution in [1.82, 2.24) is 30.3 Å². The Morgan fingerprint density at radius 3 is 2.90 bits per heavy atom. The van der Waals surface area contributed by atoms with Gasteiger partial charge >= 0.3 is 0 Å². The van der Waals surface area contributed by atoms with Crippen molar-refractivity contribution in [2.75, 3.05) is 11.9 Å². The molecule has 0 spiro atoms. The molecule has 152 valence electrons. The summed E-state index contributed by atoms with van der Waals surface area (Å²) < 4.78 is 1.84. The third-order valence-corrected chi connectivity index (χ3v) is 6.28. The van der Waals surface area contributed by atoms with Crippen LogP contribution in [0.1, 0.15) is 45.4 Å². The van der Waals surface area contributed by atoms with E-state index in [4.69, 9.17) is 10.2 Å². The van der Waals surface area contributed by atoms with Crippen LogP contribution in [0.3, 0.4) is 0 Å². The van der Waals surface area contributed by atoms with E-state index in [-0.39, 0.29) is 0 Å². The number of nitrogens with zero attached hydrogens (tertiary/aromatic N) is 6. The van der Waals surface area contributed by atoms with Crippen molar-refractivity contribution in [1.29, 1.82) is 5.26 Å². The number of nitrogens with one attached hydrogen (secondary N) is 3. The Kier molecular flexibility index (Phi) is 4.81. The molecular weight excluding hydrogens is 366 g/mol. The molecule has 2 bridgehead atoms. The fourth-order valence-electron chi connectivity index (χ4n) is 5.00. The first-order valence-electron chi connectivity index (χ1n) is 10.5. The Balaban J connectivity index is 1.36. The monoisotopic (exact) mass is 393 g/mol. The Bertz CT molecular complexity index is 945. The third-order valence-electron chi connectivity index (χ3n) is 6.28. The van der Waals surface area contributed by atoms with Crippen LogP contribution in [0.15, 0.2) is 23.3 Å². The lowest BCUT2D eigenvalue weighted by molar-refractivity contribution is 0.136. The molecule has 3 N–H and O–H groups in total. The fourth-order valence-corrected chi connectivity index (χ4v) is 5.00. The van der Waals surface area contributed by atoms with E-state index in [1.807, 2.05) is 22.8 Å². The molecule has 2 aromatic rings. The maximum Gasteiger partial charge on any atom is 0.270 e. The molecule has 0 radical (unpaired) electrons. The van der Waals surface area contributed by atoms with E-state index in [0.717, 1.165) is 43.0 Å². The van der Waals surface area contributed by atoms with Gasteiger partial charge in [0.15, 0.2) is 5.82 Å². The molecule has 3 aliphatic rings. The Labute approximate surface area is 170 Å².